The van der Waals surface area contributed by atoms with Crippen LogP contribution in [0.2, 0.25) is 0 Å². The highest BCUT2D eigenvalue weighted by Gasteiger charge is 2.29. The summed E-state index contributed by atoms with van der Waals surface area (Å²) >= 11 is 0. The smallest absolute Gasteiger partial charge is 0.253 e. The molecule has 5 heteroatoms. The lowest BCUT2D eigenvalue weighted by Gasteiger charge is -2.13. The van der Waals surface area contributed by atoms with Gasteiger partial charge in [-0.1, -0.05) is 31.9 Å². The molecule has 1 saturated heterocycles. The molecule has 124 valence electrons. The van der Waals surface area contributed by atoms with Crippen LogP contribution in [0.4, 0.5) is 5.69 Å². The summed E-state index contributed by atoms with van der Waals surface area (Å²) in [6.07, 6.45) is 6.11. The van der Waals surface area contributed by atoms with Crippen molar-refractivity contribution in [2.24, 2.45) is 5.73 Å². The number of halogens is 1. The summed E-state index contributed by atoms with van der Waals surface area (Å²) in [6, 6.07) is 8.11. The summed E-state index contributed by atoms with van der Waals surface area (Å²) in [4.78, 5) is 12.1. The number of ether oxygens (including phenoxy) is 1. The van der Waals surface area contributed by atoms with E-state index in [2.05, 4.69) is 24.4 Å². The summed E-state index contributed by atoms with van der Waals surface area (Å²) in [5.74, 6) is -0.0651. The Morgan fingerprint density at radius 1 is 1.27 bits per heavy atom. The van der Waals surface area contributed by atoms with E-state index in [4.69, 9.17) is 10.5 Å². The van der Waals surface area contributed by atoms with E-state index in [1.54, 1.807) is 0 Å². The van der Waals surface area contributed by atoms with Crippen LogP contribution < -0.4 is 11.1 Å². The summed E-state index contributed by atoms with van der Waals surface area (Å²) in [5.41, 5.74) is 7.71. The number of nitrogens with one attached hydrogen (secondary N) is 1. The van der Waals surface area contributed by atoms with E-state index in [0.717, 1.165) is 24.9 Å². The molecule has 2 rings (SSSR count). The van der Waals surface area contributed by atoms with E-state index in [9.17, 15) is 4.79 Å². The number of nitrogens with two attached hydrogens (primary N) is 1. The molecule has 1 amide bonds. The Hall–Kier alpha value is -1.10. The average molecular weight is 327 g/mol. The van der Waals surface area contributed by atoms with Crippen molar-refractivity contribution in [2.45, 2.75) is 57.7 Å². The highest BCUT2D eigenvalue weighted by molar-refractivity contribution is 5.94. The number of benzene rings is 1. The Kier molecular flexibility index (Phi) is 8.46. The SMILES string of the molecule is CCCCCc1ccc(NC(=O)[C@@H]2CC[C@H](CN)O2)cc1.Cl. The van der Waals surface area contributed by atoms with Crippen molar-refractivity contribution in [3.05, 3.63) is 29.8 Å². The molecule has 0 saturated carbocycles. The van der Waals surface area contributed by atoms with Crippen molar-refractivity contribution in [2.75, 3.05) is 11.9 Å². The monoisotopic (exact) mass is 326 g/mol. The lowest BCUT2D eigenvalue weighted by Crippen LogP contribution is -2.29. The van der Waals surface area contributed by atoms with Crippen LogP contribution in [0.1, 0.15) is 44.6 Å². The molecule has 1 heterocycles. The van der Waals surface area contributed by atoms with Crippen LogP contribution in [0.3, 0.4) is 0 Å². The maximum Gasteiger partial charge on any atom is 0.253 e. The second kappa shape index (κ2) is 9.82. The van der Waals surface area contributed by atoms with Gasteiger partial charge in [-0.15, -0.1) is 12.4 Å². The Bertz CT molecular complexity index is 450. The Morgan fingerprint density at radius 3 is 2.59 bits per heavy atom. The molecule has 1 aliphatic rings. The third-order valence-corrected chi connectivity index (χ3v) is 3.95. The molecule has 22 heavy (non-hydrogen) atoms. The Labute approximate surface area is 139 Å². The van der Waals surface area contributed by atoms with E-state index >= 15 is 0 Å². The molecule has 3 N–H and O–H groups in total. The lowest BCUT2D eigenvalue weighted by molar-refractivity contribution is -0.126. The van der Waals surface area contributed by atoms with Gasteiger partial charge in [0.15, 0.2) is 0 Å². The molecule has 1 aromatic carbocycles. The first kappa shape index (κ1) is 18.9. The van der Waals surface area contributed by atoms with Crippen LogP contribution in [-0.2, 0) is 16.0 Å². The fourth-order valence-corrected chi connectivity index (χ4v) is 2.63. The Morgan fingerprint density at radius 2 is 2.00 bits per heavy atom. The third-order valence-electron chi connectivity index (χ3n) is 3.95. The molecule has 0 aromatic heterocycles. The van der Waals surface area contributed by atoms with Crippen LogP contribution >= 0.6 is 12.4 Å². The number of hydrogen-bond donors (Lipinski definition) is 2. The van der Waals surface area contributed by atoms with E-state index in [1.807, 2.05) is 12.1 Å². The molecule has 2 atom stereocenters. The van der Waals surface area contributed by atoms with Crippen molar-refractivity contribution in [1.82, 2.24) is 0 Å². The Balaban J connectivity index is 0.00000242. The van der Waals surface area contributed by atoms with E-state index in [-0.39, 0.29) is 30.5 Å². The van der Waals surface area contributed by atoms with Gasteiger partial charge in [-0.25, -0.2) is 0 Å². The number of anilines is 1. The standard InChI is InChI=1S/C17H26N2O2.ClH/c1-2-3-4-5-13-6-8-14(9-7-13)19-17(20)16-11-10-15(12-18)21-16;/h6-9,15-16H,2-5,10-12,18H2,1H3,(H,19,20);1H/t15-,16+;/m1./s1. The second-order valence-corrected chi connectivity index (χ2v) is 5.70. The predicted molar refractivity (Wildman–Crippen MR) is 92.5 cm³/mol. The summed E-state index contributed by atoms with van der Waals surface area (Å²) < 4.78 is 5.60. The van der Waals surface area contributed by atoms with Gasteiger partial charge in [0.25, 0.3) is 5.91 Å². The van der Waals surface area contributed by atoms with Crippen LogP contribution in [0.5, 0.6) is 0 Å². The summed E-state index contributed by atoms with van der Waals surface area (Å²) in [6.45, 7) is 2.69. The molecule has 4 nitrogen and oxygen atoms in total. The topological polar surface area (TPSA) is 64.4 Å². The number of hydrogen-bond acceptors (Lipinski definition) is 3. The van der Waals surface area contributed by atoms with Crippen molar-refractivity contribution < 1.29 is 9.53 Å². The van der Waals surface area contributed by atoms with E-state index in [1.165, 1.54) is 24.8 Å². The van der Waals surface area contributed by atoms with Gasteiger partial charge in [0.05, 0.1) is 6.10 Å². The highest BCUT2D eigenvalue weighted by Crippen LogP contribution is 2.20. The van der Waals surface area contributed by atoms with Gasteiger partial charge in [-0.05, 0) is 43.4 Å². The first-order valence-corrected chi connectivity index (χ1v) is 7.98. The maximum atomic E-state index is 12.1. The molecule has 1 fully saturated rings. The van der Waals surface area contributed by atoms with E-state index in [0.29, 0.717) is 6.54 Å². The fraction of sp³-hybridized carbons (Fsp3) is 0.588. The second-order valence-electron chi connectivity index (χ2n) is 5.70. The molecule has 0 unspecified atom stereocenters. The summed E-state index contributed by atoms with van der Waals surface area (Å²) in [7, 11) is 0. The van der Waals surface area contributed by atoms with Crippen molar-refractivity contribution in [3.8, 4) is 0 Å². The quantitative estimate of drug-likeness (QED) is 0.756. The minimum Gasteiger partial charge on any atom is -0.364 e. The van der Waals surface area contributed by atoms with Gasteiger partial charge in [0.2, 0.25) is 0 Å². The van der Waals surface area contributed by atoms with Crippen LogP contribution in [0, 0.1) is 0 Å². The average Bonchev–Trinajstić information content (AvgIpc) is 2.98. The number of aryl methyl sites for hydroxylation is 1. The molecule has 0 radical (unpaired) electrons. The number of carbonyl (C=O) groups excluding carboxylic acids is 1. The maximum absolute atomic E-state index is 12.1. The first-order valence-electron chi connectivity index (χ1n) is 7.98. The molecule has 0 spiro atoms. The number of rotatable bonds is 7. The molecule has 1 aliphatic heterocycles. The van der Waals surface area contributed by atoms with E-state index < -0.39 is 0 Å². The van der Waals surface area contributed by atoms with Crippen molar-refractivity contribution >= 4 is 24.0 Å². The van der Waals surface area contributed by atoms with Gasteiger partial charge in [-0.3, -0.25) is 4.79 Å². The van der Waals surface area contributed by atoms with Gasteiger partial charge in [-0.2, -0.15) is 0 Å². The van der Waals surface area contributed by atoms with Crippen molar-refractivity contribution in [1.29, 1.82) is 0 Å². The first-order chi connectivity index (χ1) is 10.2. The van der Waals surface area contributed by atoms with Crippen LogP contribution in [-0.4, -0.2) is 24.7 Å². The largest absolute Gasteiger partial charge is 0.364 e. The normalized spacial score (nSPS) is 20.5. The zero-order valence-electron chi connectivity index (χ0n) is 13.2. The molecular weight excluding hydrogens is 300 g/mol. The summed E-state index contributed by atoms with van der Waals surface area (Å²) in [5, 5.41) is 2.92. The minimum atomic E-state index is -0.359. The van der Waals surface area contributed by atoms with Gasteiger partial charge in [0, 0.05) is 12.2 Å². The third kappa shape index (κ3) is 5.59. The van der Waals surface area contributed by atoms with Gasteiger partial charge < -0.3 is 15.8 Å². The number of unbranched alkanes of at least 4 members (excludes halogenated alkanes) is 2. The van der Waals surface area contributed by atoms with Gasteiger partial charge >= 0.3 is 0 Å². The van der Waals surface area contributed by atoms with Crippen LogP contribution in [0.15, 0.2) is 24.3 Å². The zero-order chi connectivity index (χ0) is 15.1. The minimum absolute atomic E-state index is 0. The molecule has 1 aromatic rings. The fourth-order valence-electron chi connectivity index (χ4n) is 2.63. The van der Waals surface area contributed by atoms with Gasteiger partial charge in [0.1, 0.15) is 6.10 Å². The number of amides is 1. The molecule has 0 bridgehead atoms. The molecular formula is C17H27ClN2O2. The zero-order valence-corrected chi connectivity index (χ0v) is 14.0. The van der Waals surface area contributed by atoms with Crippen LogP contribution in [0.25, 0.3) is 0 Å². The molecule has 0 aliphatic carbocycles. The number of carbonyl (C=O) groups is 1. The highest BCUT2D eigenvalue weighted by atomic mass is 35.5. The lowest BCUT2D eigenvalue weighted by atomic mass is 10.1. The van der Waals surface area contributed by atoms with Crippen molar-refractivity contribution in [3.63, 3.8) is 0 Å². The predicted octanol–water partition coefficient (Wildman–Crippen LogP) is 3.29.